The molecule has 1 aromatic rings. The molecule has 0 bridgehead atoms. The maximum Gasteiger partial charge on any atom is 0.236 e. The zero-order chi connectivity index (χ0) is 12.3. The maximum atomic E-state index is 11.7. The molecule has 4 nitrogen and oxygen atoms in total. The first-order valence-corrected chi connectivity index (χ1v) is 6.12. The number of halogens is 1. The zero-order valence-corrected chi connectivity index (χ0v) is 11.8. The lowest BCUT2D eigenvalue weighted by molar-refractivity contribution is -0.122. The molecule has 1 rings (SSSR count). The quantitative estimate of drug-likeness (QED) is 0.858. The standard InChI is InChI=1S/C11H18BrN3O/c1-5-9-8(7-15(4)14-9)6-13-10(16)11(2,3)12/h7H,5-6H2,1-4H3,(H,13,16). The summed E-state index contributed by atoms with van der Waals surface area (Å²) in [5, 5.41) is 7.21. The minimum absolute atomic E-state index is 0.0154. The van der Waals surface area contributed by atoms with E-state index in [0.29, 0.717) is 6.54 Å². The number of aryl methyl sites for hydroxylation is 2. The van der Waals surface area contributed by atoms with Crippen LogP contribution in [-0.4, -0.2) is 20.0 Å². The number of carbonyl (C=O) groups is 1. The van der Waals surface area contributed by atoms with Crippen molar-refractivity contribution in [2.75, 3.05) is 0 Å². The van der Waals surface area contributed by atoms with Crippen LogP contribution in [0.15, 0.2) is 6.20 Å². The zero-order valence-electron chi connectivity index (χ0n) is 10.2. The molecule has 0 saturated carbocycles. The predicted octanol–water partition coefficient (Wildman–Crippen LogP) is 1.77. The number of carbonyl (C=O) groups excluding carboxylic acids is 1. The molecule has 16 heavy (non-hydrogen) atoms. The summed E-state index contributed by atoms with van der Waals surface area (Å²) in [5.41, 5.74) is 2.12. The van der Waals surface area contributed by atoms with Crippen molar-refractivity contribution in [3.05, 3.63) is 17.5 Å². The fourth-order valence-corrected chi connectivity index (χ4v) is 1.55. The molecule has 0 unspecified atom stereocenters. The molecule has 0 radical (unpaired) electrons. The summed E-state index contributed by atoms with van der Waals surface area (Å²) in [7, 11) is 1.89. The van der Waals surface area contributed by atoms with Crippen molar-refractivity contribution >= 4 is 21.8 Å². The second-order valence-corrected chi connectivity index (χ2v) is 6.27. The highest BCUT2D eigenvalue weighted by Gasteiger charge is 2.23. The Labute approximate surface area is 105 Å². The van der Waals surface area contributed by atoms with Crippen LogP contribution in [-0.2, 0) is 24.8 Å². The number of hydrogen-bond acceptors (Lipinski definition) is 2. The van der Waals surface area contributed by atoms with Gasteiger partial charge in [0.1, 0.15) is 0 Å². The van der Waals surface area contributed by atoms with Gasteiger partial charge in [0, 0.05) is 25.4 Å². The van der Waals surface area contributed by atoms with E-state index in [1.165, 1.54) is 0 Å². The van der Waals surface area contributed by atoms with E-state index >= 15 is 0 Å². The Balaban J connectivity index is 2.64. The lowest BCUT2D eigenvalue weighted by Crippen LogP contribution is -2.37. The van der Waals surface area contributed by atoms with E-state index in [0.717, 1.165) is 17.7 Å². The van der Waals surface area contributed by atoms with Gasteiger partial charge < -0.3 is 5.32 Å². The number of nitrogens with zero attached hydrogens (tertiary/aromatic N) is 2. The molecule has 0 aliphatic rings. The largest absolute Gasteiger partial charge is 0.351 e. The van der Waals surface area contributed by atoms with E-state index in [2.05, 4.69) is 33.3 Å². The Bertz CT molecular complexity index is 379. The Hall–Kier alpha value is -0.840. The van der Waals surface area contributed by atoms with Gasteiger partial charge in [0.25, 0.3) is 0 Å². The highest BCUT2D eigenvalue weighted by Crippen LogP contribution is 2.16. The average Bonchev–Trinajstić information content (AvgIpc) is 2.53. The first-order chi connectivity index (χ1) is 7.34. The van der Waals surface area contributed by atoms with Gasteiger partial charge in [-0.05, 0) is 20.3 Å². The van der Waals surface area contributed by atoms with E-state index in [9.17, 15) is 4.79 Å². The molecule has 0 aliphatic heterocycles. The molecule has 1 amide bonds. The molecule has 0 atom stereocenters. The van der Waals surface area contributed by atoms with Crippen LogP contribution < -0.4 is 5.32 Å². The lowest BCUT2D eigenvalue weighted by Gasteiger charge is -2.15. The van der Waals surface area contributed by atoms with E-state index in [1.54, 1.807) is 4.68 Å². The summed E-state index contributed by atoms with van der Waals surface area (Å²) in [6.45, 7) is 6.24. The van der Waals surface area contributed by atoms with Crippen molar-refractivity contribution in [2.24, 2.45) is 7.05 Å². The molecule has 0 spiro atoms. The van der Waals surface area contributed by atoms with Gasteiger partial charge in [-0.25, -0.2) is 0 Å². The van der Waals surface area contributed by atoms with Crippen LogP contribution in [0.3, 0.4) is 0 Å². The van der Waals surface area contributed by atoms with E-state index in [1.807, 2.05) is 27.1 Å². The predicted molar refractivity (Wildman–Crippen MR) is 67.4 cm³/mol. The lowest BCUT2D eigenvalue weighted by atomic mass is 10.2. The number of alkyl halides is 1. The molecular formula is C11H18BrN3O. The van der Waals surface area contributed by atoms with Crippen molar-refractivity contribution in [3.63, 3.8) is 0 Å². The summed E-state index contributed by atoms with van der Waals surface area (Å²) < 4.78 is 1.25. The first kappa shape index (κ1) is 13.2. The maximum absolute atomic E-state index is 11.7. The molecule has 1 aromatic heterocycles. The monoisotopic (exact) mass is 287 g/mol. The van der Waals surface area contributed by atoms with Gasteiger partial charge in [-0.2, -0.15) is 5.10 Å². The van der Waals surface area contributed by atoms with Crippen LogP contribution in [0.2, 0.25) is 0 Å². The molecule has 0 fully saturated rings. The van der Waals surface area contributed by atoms with Crippen LogP contribution in [0.4, 0.5) is 0 Å². The van der Waals surface area contributed by atoms with Crippen molar-refractivity contribution in [1.29, 1.82) is 0 Å². The van der Waals surface area contributed by atoms with E-state index < -0.39 is 4.32 Å². The number of rotatable bonds is 4. The summed E-state index contributed by atoms with van der Waals surface area (Å²) in [5.74, 6) is -0.0154. The second kappa shape index (κ2) is 4.99. The molecule has 1 N–H and O–H groups in total. The van der Waals surface area contributed by atoms with Crippen LogP contribution in [0.5, 0.6) is 0 Å². The van der Waals surface area contributed by atoms with Gasteiger partial charge in [0.2, 0.25) is 5.91 Å². The van der Waals surface area contributed by atoms with Crippen LogP contribution in [0, 0.1) is 0 Å². The Kier molecular flexibility index (Phi) is 4.13. The minimum Gasteiger partial charge on any atom is -0.351 e. The molecule has 5 heteroatoms. The van der Waals surface area contributed by atoms with E-state index in [-0.39, 0.29) is 5.91 Å². The van der Waals surface area contributed by atoms with Crippen molar-refractivity contribution < 1.29 is 4.79 Å². The van der Waals surface area contributed by atoms with Crippen molar-refractivity contribution in [2.45, 2.75) is 38.1 Å². The third-order valence-electron chi connectivity index (χ3n) is 2.31. The number of nitrogens with one attached hydrogen (secondary N) is 1. The average molecular weight is 288 g/mol. The topological polar surface area (TPSA) is 46.9 Å². The molecule has 0 aromatic carbocycles. The van der Waals surface area contributed by atoms with Crippen LogP contribution in [0.1, 0.15) is 32.0 Å². The minimum atomic E-state index is -0.526. The fraction of sp³-hybridized carbons (Fsp3) is 0.636. The Morgan fingerprint density at radius 1 is 1.62 bits per heavy atom. The highest BCUT2D eigenvalue weighted by atomic mass is 79.9. The van der Waals surface area contributed by atoms with Gasteiger partial charge in [0.15, 0.2) is 0 Å². The highest BCUT2D eigenvalue weighted by molar-refractivity contribution is 9.10. The number of aromatic nitrogens is 2. The van der Waals surface area contributed by atoms with Gasteiger partial charge in [0.05, 0.1) is 10.0 Å². The number of amides is 1. The molecule has 0 saturated heterocycles. The summed E-state index contributed by atoms with van der Waals surface area (Å²) >= 11 is 3.33. The van der Waals surface area contributed by atoms with Crippen LogP contribution >= 0.6 is 15.9 Å². The first-order valence-electron chi connectivity index (χ1n) is 5.33. The Morgan fingerprint density at radius 2 is 2.25 bits per heavy atom. The molecule has 0 aliphatic carbocycles. The summed E-state index contributed by atoms with van der Waals surface area (Å²) in [6.07, 6.45) is 2.82. The fourth-order valence-electron chi connectivity index (χ4n) is 1.41. The molecular weight excluding hydrogens is 270 g/mol. The third kappa shape index (κ3) is 3.33. The van der Waals surface area contributed by atoms with Crippen molar-refractivity contribution in [3.8, 4) is 0 Å². The summed E-state index contributed by atoms with van der Waals surface area (Å²) in [4.78, 5) is 11.7. The molecule has 90 valence electrons. The second-order valence-electron chi connectivity index (χ2n) is 4.28. The number of hydrogen-bond donors (Lipinski definition) is 1. The smallest absolute Gasteiger partial charge is 0.236 e. The SMILES string of the molecule is CCc1nn(C)cc1CNC(=O)C(C)(C)Br. The Morgan fingerprint density at radius 3 is 2.75 bits per heavy atom. The van der Waals surface area contributed by atoms with Gasteiger partial charge in [-0.3, -0.25) is 9.48 Å². The van der Waals surface area contributed by atoms with E-state index in [4.69, 9.17) is 0 Å². The van der Waals surface area contributed by atoms with Gasteiger partial charge in [-0.15, -0.1) is 0 Å². The van der Waals surface area contributed by atoms with Gasteiger partial charge in [-0.1, -0.05) is 22.9 Å². The molecule has 1 heterocycles. The van der Waals surface area contributed by atoms with Gasteiger partial charge >= 0.3 is 0 Å². The van der Waals surface area contributed by atoms with Crippen molar-refractivity contribution in [1.82, 2.24) is 15.1 Å². The summed E-state index contributed by atoms with van der Waals surface area (Å²) in [6, 6.07) is 0. The normalized spacial score (nSPS) is 11.6. The van der Waals surface area contributed by atoms with Crippen LogP contribution in [0.25, 0.3) is 0 Å². The third-order valence-corrected chi connectivity index (χ3v) is 2.67.